The molecule has 3 heterocycles. The second-order valence-corrected chi connectivity index (χ2v) is 7.63. The van der Waals surface area contributed by atoms with Crippen molar-refractivity contribution in [3.8, 4) is 0 Å². The minimum absolute atomic E-state index is 0.361. The molecule has 3 aromatic rings. The molecule has 0 saturated carbocycles. The van der Waals surface area contributed by atoms with Crippen LogP contribution in [0.1, 0.15) is 28.4 Å². The number of hydrogen-bond donors (Lipinski definition) is 1. The molecule has 1 aliphatic heterocycles. The summed E-state index contributed by atoms with van der Waals surface area (Å²) in [6.45, 7) is 1.05. The van der Waals surface area contributed by atoms with Crippen molar-refractivity contribution >= 4 is 29.1 Å². The molecule has 0 radical (unpaired) electrons. The van der Waals surface area contributed by atoms with Crippen molar-refractivity contribution in [2.24, 2.45) is 5.92 Å². The number of amides is 1. The van der Waals surface area contributed by atoms with Crippen molar-refractivity contribution in [3.63, 3.8) is 0 Å². The first-order valence-corrected chi connectivity index (χ1v) is 10.1. The van der Waals surface area contributed by atoms with Crippen LogP contribution in [0.4, 0.5) is 0 Å². The zero-order valence-corrected chi connectivity index (χ0v) is 16.9. The number of rotatable bonds is 7. The van der Waals surface area contributed by atoms with E-state index in [0.29, 0.717) is 30.1 Å². The topological polar surface area (TPSA) is 88.3 Å². The van der Waals surface area contributed by atoms with Crippen molar-refractivity contribution in [3.05, 3.63) is 83.7 Å². The molecule has 2 N–H and O–H groups in total. The number of hydrogen-bond acceptors (Lipinski definition) is 3. The van der Waals surface area contributed by atoms with Crippen molar-refractivity contribution in [2.75, 3.05) is 6.54 Å². The molecule has 1 amide bonds. The maximum atomic E-state index is 13.2. The van der Waals surface area contributed by atoms with Gasteiger partial charge in [0.1, 0.15) is 18.3 Å². The number of nitrogens with one attached hydrogen (secondary N) is 2. The Hall–Kier alpha value is -3.32. The van der Waals surface area contributed by atoms with Gasteiger partial charge in [-0.1, -0.05) is 11.6 Å². The van der Waals surface area contributed by atoms with Gasteiger partial charge >= 0.3 is 0 Å². The van der Waals surface area contributed by atoms with E-state index in [1.165, 1.54) is 4.90 Å². The second kappa shape index (κ2) is 8.59. The van der Waals surface area contributed by atoms with Crippen molar-refractivity contribution in [1.29, 1.82) is 0 Å². The molecule has 1 saturated heterocycles. The summed E-state index contributed by atoms with van der Waals surface area (Å²) in [5.74, 6) is -2.75. The molecule has 1 aromatic carbocycles. The fourth-order valence-electron chi connectivity index (χ4n) is 3.87. The number of nitrogens with zero attached hydrogens (tertiary/aromatic N) is 2. The van der Waals surface area contributed by atoms with Crippen molar-refractivity contribution < 1.29 is 23.9 Å². The fourth-order valence-corrected chi connectivity index (χ4v) is 3.99. The quantitative estimate of drug-likeness (QED) is 0.271. The Labute approximate surface area is 178 Å². The number of carbonyl (C=O) groups excluding carboxylic acids is 3. The van der Waals surface area contributed by atoms with E-state index in [1.54, 1.807) is 42.7 Å². The molecule has 30 heavy (non-hydrogen) atoms. The van der Waals surface area contributed by atoms with E-state index in [1.807, 2.05) is 29.4 Å². The van der Waals surface area contributed by atoms with E-state index in [0.717, 1.165) is 5.56 Å². The molecule has 0 aliphatic carbocycles. The molecule has 1 aliphatic rings. The van der Waals surface area contributed by atoms with Crippen LogP contribution >= 0.6 is 11.6 Å². The average Bonchev–Trinajstić information content (AvgIpc) is 3.37. The smallest absolute Gasteiger partial charge is 0.291 e. The molecular formula is C22H21ClN4O3+2. The van der Waals surface area contributed by atoms with Crippen LogP contribution in [-0.4, -0.2) is 33.9 Å². The Balaban J connectivity index is 1.64. The number of halogens is 1. The third kappa shape index (κ3) is 3.89. The van der Waals surface area contributed by atoms with Crippen LogP contribution in [0.15, 0.2) is 67.5 Å². The SMILES string of the molecule is O=C1C(=O)N(CCC[n+]2cc[nH]c2)C(c2ccc[nH+]c2)C1C(=O)c1ccc(Cl)cc1. The zero-order valence-electron chi connectivity index (χ0n) is 16.1. The molecule has 2 atom stereocenters. The highest BCUT2D eigenvalue weighted by molar-refractivity contribution is 6.44. The first kappa shape index (κ1) is 20.0. The highest BCUT2D eigenvalue weighted by Gasteiger charge is 2.51. The van der Waals surface area contributed by atoms with Crippen LogP contribution in [0.25, 0.3) is 0 Å². The predicted octanol–water partition coefficient (Wildman–Crippen LogP) is 1.81. The third-order valence-corrected chi connectivity index (χ3v) is 5.56. The Morgan fingerprint density at radius 1 is 1.20 bits per heavy atom. The molecule has 2 aromatic heterocycles. The number of aromatic amines is 2. The summed E-state index contributed by atoms with van der Waals surface area (Å²) >= 11 is 5.93. The summed E-state index contributed by atoms with van der Waals surface area (Å²) in [6, 6.07) is 9.34. The number of aromatic nitrogens is 3. The first-order valence-electron chi connectivity index (χ1n) is 9.68. The van der Waals surface area contributed by atoms with E-state index in [-0.39, 0.29) is 5.78 Å². The highest BCUT2D eigenvalue weighted by atomic mass is 35.5. The number of H-pyrrole nitrogens is 2. The zero-order chi connectivity index (χ0) is 21.1. The predicted molar refractivity (Wildman–Crippen MR) is 107 cm³/mol. The van der Waals surface area contributed by atoms with Gasteiger partial charge in [0.05, 0.1) is 12.6 Å². The number of likely N-dealkylation sites (tertiary alicyclic amines) is 1. The van der Waals surface area contributed by atoms with Gasteiger partial charge in [-0.05, 0) is 30.3 Å². The van der Waals surface area contributed by atoms with E-state index < -0.39 is 23.7 Å². The number of benzene rings is 1. The van der Waals surface area contributed by atoms with Gasteiger partial charge in [-0.2, -0.15) is 0 Å². The van der Waals surface area contributed by atoms with Crippen molar-refractivity contribution in [1.82, 2.24) is 9.88 Å². The number of imidazole rings is 1. The Kier molecular flexibility index (Phi) is 5.72. The number of ketones is 2. The lowest BCUT2D eigenvalue weighted by atomic mass is 9.87. The molecule has 0 spiro atoms. The number of carbonyl (C=O) groups is 3. The van der Waals surface area contributed by atoms with Gasteiger partial charge in [0.25, 0.3) is 5.91 Å². The van der Waals surface area contributed by atoms with Crippen LogP contribution in [0.2, 0.25) is 5.02 Å². The summed E-state index contributed by atoms with van der Waals surface area (Å²) in [5.41, 5.74) is 1.08. The Morgan fingerprint density at radius 2 is 2.00 bits per heavy atom. The minimum Gasteiger partial charge on any atom is -0.327 e. The molecule has 1 fully saturated rings. The van der Waals surface area contributed by atoms with Gasteiger partial charge in [-0.15, -0.1) is 0 Å². The van der Waals surface area contributed by atoms with Crippen molar-refractivity contribution in [2.45, 2.75) is 19.0 Å². The number of Topliss-reactive ketones (excluding diaryl/α,β-unsaturated/α-hetero) is 2. The number of aryl methyl sites for hydroxylation is 1. The standard InChI is InChI=1S/C22H19ClN4O3/c23-17-6-4-15(5-7-17)20(28)18-19(16-3-1-8-24-13-16)27(22(30)21(18)29)11-2-10-26-12-9-25-14-26/h1,3-9,12-14,18-19H,2,10-11H2/p+2. The van der Waals surface area contributed by atoms with E-state index >= 15 is 0 Å². The van der Waals surface area contributed by atoms with Crippen LogP contribution in [0.5, 0.6) is 0 Å². The highest BCUT2D eigenvalue weighted by Crippen LogP contribution is 2.37. The summed E-state index contributed by atoms with van der Waals surface area (Å²) in [4.78, 5) is 46.5. The Morgan fingerprint density at radius 3 is 2.67 bits per heavy atom. The molecule has 152 valence electrons. The molecule has 0 bridgehead atoms. The van der Waals surface area contributed by atoms with Gasteiger partial charge in [-0.25, -0.2) is 9.55 Å². The van der Waals surface area contributed by atoms with E-state index in [4.69, 9.17) is 11.6 Å². The van der Waals surface area contributed by atoms with Crippen LogP contribution < -0.4 is 9.55 Å². The van der Waals surface area contributed by atoms with Gasteiger partial charge in [0.15, 0.2) is 18.2 Å². The molecule has 2 unspecified atom stereocenters. The van der Waals surface area contributed by atoms with Gasteiger partial charge < -0.3 is 4.90 Å². The molecular weight excluding hydrogens is 404 g/mol. The largest absolute Gasteiger partial charge is 0.327 e. The van der Waals surface area contributed by atoms with Gasteiger partial charge in [-0.3, -0.25) is 19.4 Å². The van der Waals surface area contributed by atoms with Gasteiger partial charge in [0, 0.05) is 35.2 Å². The molecule has 7 nitrogen and oxygen atoms in total. The normalized spacial score (nSPS) is 18.8. The minimum atomic E-state index is -1.09. The fraction of sp³-hybridized carbons (Fsp3) is 0.227. The summed E-state index contributed by atoms with van der Waals surface area (Å²) in [5, 5.41) is 0.499. The maximum absolute atomic E-state index is 13.2. The van der Waals surface area contributed by atoms with E-state index in [2.05, 4.69) is 9.97 Å². The lowest BCUT2D eigenvalue weighted by molar-refractivity contribution is -0.695. The number of pyridine rings is 1. The average molecular weight is 425 g/mol. The molecule has 4 rings (SSSR count). The van der Waals surface area contributed by atoms with Crippen LogP contribution in [0.3, 0.4) is 0 Å². The second-order valence-electron chi connectivity index (χ2n) is 7.20. The third-order valence-electron chi connectivity index (χ3n) is 5.31. The van der Waals surface area contributed by atoms with E-state index in [9.17, 15) is 14.4 Å². The monoisotopic (exact) mass is 424 g/mol. The van der Waals surface area contributed by atoms with Crippen LogP contribution in [-0.2, 0) is 16.1 Å². The summed E-state index contributed by atoms with van der Waals surface area (Å²) in [6.07, 6.45) is 9.66. The van der Waals surface area contributed by atoms with Gasteiger partial charge in [0.2, 0.25) is 12.1 Å². The Bertz CT molecular complexity index is 1050. The summed E-state index contributed by atoms with van der Waals surface area (Å²) < 4.78 is 1.96. The molecule has 8 heteroatoms. The first-order chi connectivity index (χ1) is 14.6. The maximum Gasteiger partial charge on any atom is 0.291 e. The lowest BCUT2D eigenvalue weighted by Gasteiger charge is -2.25. The lowest BCUT2D eigenvalue weighted by Crippen LogP contribution is -2.36. The summed E-state index contributed by atoms with van der Waals surface area (Å²) in [7, 11) is 0. The van der Waals surface area contributed by atoms with Crippen LogP contribution in [0, 0.1) is 5.92 Å².